The van der Waals surface area contributed by atoms with Crippen molar-refractivity contribution in [2.45, 2.75) is 51.4 Å². The van der Waals surface area contributed by atoms with E-state index in [1.807, 2.05) is 44.1 Å². The minimum Gasteiger partial charge on any atom is -0.496 e. The van der Waals surface area contributed by atoms with Crippen molar-refractivity contribution in [2.75, 3.05) is 21.3 Å². The molecule has 1 aliphatic heterocycles. The molecule has 2 unspecified atom stereocenters. The first-order valence-electron chi connectivity index (χ1n) is 12.1. The van der Waals surface area contributed by atoms with Gasteiger partial charge in [0.1, 0.15) is 18.1 Å². The van der Waals surface area contributed by atoms with Gasteiger partial charge >= 0.3 is 5.97 Å². The smallest absolute Gasteiger partial charge is 0.337 e. The summed E-state index contributed by atoms with van der Waals surface area (Å²) < 4.78 is 10.5. The average molecular weight is 492 g/mol. The van der Waals surface area contributed by atoms with E-state index in [-0.39, 0.29) is 11.9 Å². The van der Waals surface area contributed by atoms with E-state index in [4.69, 9.17) is 9.47 Å². The molecular weight excluding hydrogens is 458 g/mol. The number of likely N-dealkylation sites (N-methyl/N-ethyl adjacent to an activating group) is 1. The van der Waals surface area contributed by atoms with Crippen molar-refractivity contribution in [1.82, 2.24) is 14.8 Å². The number of carbonyl (C=O) groups is 3. The van der Waals surface area contributed by atoms with Crippen LogP contribution in [-0.2, 0) is 20.9 Å². The summed E-state index contributed by atoms with van der Waals surface area (Å²) in [6.45, 7) is 4.43. The Kier molecular flexibility index (Phi) is 7.45. The first-order chi connectivity index (χ1) is 17.3. The van der Waals surface area contributed by atoms with Gasteiger partial charge in [-0.2, -0.15) is 0 Å². The van der Waals surface area contributed by atoms with Gasteiger partial charge in [0, 0.05) is 35.2 Å². The van der Waals surface area contributed by atoms with Crippen LogP contribution in [0.25, 0.3) is 10.9 Å². The van der Waals surface area contributed by atoms with Gasteiger partial charge in [-0.15, -0.1) is 0 Å². The maximum absolute atomic E-state index is 14.1. The molecule has 190 valence electrons. The number of benzene rings is 2. The van der Waals surface area contributed by atoms with Crippen LogP contribution in [0.15, 0.2) is 42.6 Å². The number of nitrogens with zero attached hydrogens (tertiary/aromatic N) is 2. The van der Waals surface area contributed by atoms with Gasteiger partial charge in [0.05, 0.1) is 25.8 Å². The van der Waals surface area contributed by atoms with Gasteiger partial charge in [-0.3, -0.25) is 9.69 Å². The molecule has 1 saturated heterocycles. The predicted octanol–water partition coefficient (Wildman–Crippen LogP) is 4.02. The Morgan fingerprint density at radius 3 is 2.56 bits per heavy atom. The molecule has 1 amide bonds. The zero-order valence-corrected chi connectivity index (χ0v) is 21.4. The number of likely N-dealkylation sites (tertiary alicyclic amines) is 1. The standard InChI is InChI=1S/C28H33N3O5/c1-17-14-24(35-4)23(22-12-13-29-25(17)22)15-30(3)26(19-7-9-20(10-8-19)28(34)36-5)27(33)31-18(2)6-11-21(31)16-32/h7-10,12-14,16,18,21,26,29H,6,11,15H2,1-5H3/t18-,21?,26?/m1/s1. The molecule has 0 spiro atoms. The minimum absolute atomic E-state index is 0.0387. The van der Waals surface area contributed by atoms with Crippen LogP contribution in [0.2, 0.25) is 0 Å². The van der Waals surface area contributed by atoms with E-state index in [0.29, 0.717) is 18.5 Å². The molecule has 2 heterocycles. The number of rotatable bonds is 8. The predicted molar refractivity (Wildman–Crippen MR) is 137 cm³/mol. The third kappa shape index (κ3) is 4.60. The highest BCUT2D eigenvalue weighted by atomic mass is 16.5. The maximum Gasteiger partial charge on any atom is 0.337 e. The lowest BCUT2D eigenvalue weighted by atomic mass is 9.99. The molecule has 0 radical (unpaired) electrons. The van der Waals surface area contributed by atoms with Crippen LogP contribution in [0.5, 0.6) is 5.75 Å². The summed E-state index contributed by atoms with van der Waals surface area (Å²) in [7, 11) is 4.87. The lowest BCUT2D eigenvalue weighted by molar-refractivity contribution is -0.141. The van der Waals surface area contributed by atoms with Crippen molar-refractivity contribution >= 4 is 29.1 Å². The van der Waals surface area contributed by atoms with Crippen LogP contribution in [0.4, 0.5) is 0 Å². The molecule has 8 heteroatoms. The van der Waals surface area contributed by atoms with Crippen LogP contribution in [0.1, 0.15) is 52.9 Å². The van der Waals surface area contributed by atoms with Gasteiger partial charge in [0.25, 0.3) is 0 Å². The molecule has 36 heavy (non-hydrogen) atoms. The Bertz CT molecular complexity index is 1270. The van der Waals surface area contributed by atoms with Crippen molar-refractivity contribution < 1.29 is 23.9 Å². The number of aryl methyl sites for hydroxylation is 1. The summed E-state index contributed by atoms with van der Waals surface area (Å²) in [5, 5.41) is 1.03. The number of amides is 1. The Morgan fingerprint density at radius 2 is 1.92 bits per heavy atom. The molecule has 0 saturated carbocycles. The number of H-pyrrole nitrogens is 1. The molecule has 1 aromatic heterocycles. The van der Waals surface area contributed by atoms with Crippen molar-refractivity contribution in [3.05, 3.63) is 64.8 Å². The van der Waals surface area contributed by atoms with Gasteiger partial charge in [-0.25, -0.2) is 4.79 Å². The van der Waals surface area contributed by atoms with E-state index in [1.54, 1.807) is 36.3 Å². The molecular formula is C28H33N3O5. The number of fused-ring (bicyclic) bond motifs is 1. The van der Waals surface area contributed by atoms with Gasteiger partial charge in [0.2, 0.25) is 5.91 Å². The normalized spacial score (nSPS) is 18.4. The monoisotopic (exact) mass is 491 g/mol. The first-order valence-corrected chi connectivity index (χ1v) is 12.1. The fourth-order valence-corrected chi connectivity index (χ4v) is 5.30. The Balaban J connectivity index is 1.76. The highest BCUT2D eigenvalue weighted by molar-refractivity contribution is 5.91. The summed E-state index contributed by atoms with van der Waals surface area (Å²) in [6, 6.07) is 9.75. The number of aromatic amines is 1. The van der Waals surface area contributed by atoms with Gasteiger partial charge < -0.3 is 24.2 Å². The molecule has 0 aliphatic carbocycles. The van der Waals surface area contributed by atoms with Crippen molar-refractivity contribution in [3.8, 4) is 5.75 Å². The molecule has 4 rings (SSSR count). The number of hydrogen-bond donors (Lipinski definition) is 1. The first kappa shape index (κ1) is 25.4. The number of methoxy groups -OCH3 is 2. The number of nitrogens with one attached hydrogen (secondary N) is 1. The van der Waals surface area contributed by atoms with E-state index in [2.05, 4.69) is 4.98 Å². The molecule has 1 fully saturated rings. The zero-order chi connectivity index (χ0) is 26.0. The number of ether oxygens (including phenoxy) is 2. The summed E-state index contributed by atoms with van der Waals surface area (Å²) in [5.41, 5.74) is 4.20. The largest absolute Gasteiger partial charge is 0.496 e. The average Bonchev–Trinajstić information content (AvgIpc) is 3.52. The molecule has 8 nitrogen and oxygen atoms in total. The van der Waals surface area contributed by atoms with Gasteiger partial charge in [0.15, 0.2) is 0 Å². The van der Waals surface area contributed by atoms with Gasteiger partial charge in [-0.05, 0) is 69.1 Å². The Morgan fingerprint density at radius 1 is 1.19 bits per heavy atom. The Labute approximate surface area is 211 Å². The molecule has 2 aromatic carbocycles. The van der Waals surface area contributed by atoms with E-state index in [0.717, 1.165) is 46.0 Å². The molecule has 1 N–H and O–H groups in total. The van der Waals surface area contributed by atoms with E-state index in [9.17, 15) is 14.4 Å². The fraction of sp³-hybridized carbons (Fsp3) is 0.393. The van der Waals surface area contributed by atoms with Crippen LogP contribution in [0, 0.1) is 6.92 Å². The summed E-state index contributed by atoms with van der Waals surface area (Å²) >= 11 is 0. The molecule has 3 aromatic rings. The maximum atomic E-state index is 14.1. The third-order valence-electron chi connectivity index (χ3n) is 7.19. The highest BCUT2D eigenvalue weighted by Gasteiger charge is 2.39. The van der Waals surface area contributed by atoms with Crippen LogP contribution in [0.3, 0.4) is 0 Å². The third-order valence-corrected chi connectivity index (χ3v) is 7.19. The van der Waals surface area contributed by atoms with Crippen LogP contribution >= 0.6 is 0 Å². The van der Waals surface area contributed by atoms with Crippen molar-refractivity contribution in [1.29, 1.82) is 0 Å². The van der Waals surface area contributed by atoms with E-state index in [1.165, 1.54) is 7.11 Å². The lowest BCUT2D eigenvalue weighted by Crippen LogP contribution is -2.47. The van der Waals surface area contributed by atoms with Crippen LogP contribution in [-0.4, -0.2) is 66.3 Å². The number of esters is 1. The lowest BCUT2D eigenvalue weighted by Gasteiger charge is -2.35. The number of aromatic nitrogens is 1. The summed E-state index contributed by atoms with van der Waals surface area (Å²) in [4.78, 5) is 44.8. The second-order valence-electron chi connectivity index (χ2n) is 9.45. The minimum atomic E-state index is -0.667. The quantitative estimate of drug-likeness (QED) is 0.378. The summed E-state index contributed by atoms with van der Waals surface area (Å²) in [6.07, 6.45) is 4.20. The second kappa shape index (κ2) is 10.5. The zero-order valence-electron chi connectivity index (χ0n) is 21.4. The number of aldehydes is 1. The number of carbonyl (C=O) groups excluding carboxylic acids is 3. The van der Waals surface area contributed by atoms with Crippen molar-refractivity contribution in [2.24, 2.45) is 0 Å². The second-order valence-corrected chi connectivity index (χ2v) is 9.45. The highest BCUT2D eigenvalue weighted by Crippen LogP contribution is 2.35. The SMILES string of the molecule is COC(=O)c1ccc(C(C(=O)N2C(C=O)CC[C@H]2C)N(C)Cc2c(OC)cc(C)c3[nH]ccc23)cc1. The van der Waals surface area contributed by atoms with Crippen LogP contribution < -0.4 is 4.74 Å². The van der Waals surface area contributed by atoms with Gasteiger partial charge in [-0.1, -0.05) is 12.1 Å². The summed E-state index contributed by atoms with van der Waals surface area (Å²) in [5.74, 6) is 0.173. The van der Waals surface area contributed by atoms with Crippen molar-refractivity contribution in [3.63, 3.8) is 0 Å². The van der Waals surface area contributed by atoms with E-state index < -0.39 is 18.1 Å². The topological polar surface area (TPSA) is 91.9 Å². The van der Waals surface area contributed by atoms with E-state index >= 15 is 0 Å². The fourth-order valence-electron chi connectivity index (χ4n) is 5.30. The molecule has 3 atom stereocenters. The Hall–Kier alpha value is -3.65. The molecule has 1 aliphatic rings. The molecule has 0 bridgehead atoms. The number of hydrogen-bond acceptors (Lipinski definition) is 6.